The van der Waals surface area contributed by atoms with Gasteiger partial charge in [0, 0.05) is 30.1 Å². The number of nitrogens with zero attached hydrogens (tertiary/aromatic N) is 2. The summed E-state index contributed by atoms with van der Waals surface area (Å²) >= 11 is 1.65. The third-order valence-corrected chi connectivity index (χ3v) is 5.49. The number of carbonyl (C=O) groups is 1. The third kappa shape index (κ3) is 3.60. The minimum Gasteiger partial charge on any atom is -0.497 e. The number of likely N-dealkylation sites (tertiary alicyclic amines) is 1. The van der Waals surface area contributed by atoms with Crippen LogP contribution in [0.15, 0.2) is 29.6 Å². The van der Waals surface area contributed by atoms with Crippen molar-refractivity contribution in [2.75, 3.05) is 20.2 Å². The van der Waals surface area contributed by atoms with Gasteiger partial charge in [0.1, 0.15) is 5.75 Å². The van der Waals surface area contributed by atoms with E-state index in [2.05, 4.69) is 4.98 Å². The van der Waals surface area contributed by atoms with Gasteiger partial charge in [-0.1, -0.05) is 12.1 Å². The van der Waals surface area contributed by atoms with Gasteiger partial charge in [-0.05, 0) is 37.5 Å². The highest BCUT2D eigenvalue weighted by molar-refractivity contribution is 7.09. The lowest BCUT2D eigenvalue weighted by molar-refractivity contribution is -0.141. The maximum absolute atomic E-state index is 12.7. The van der Waals surface area contributed by atoms with E-state index in [9.17, 15) is 9.90 Å². The number of methoxy groups -OCH3 is 1. The van der Waals surface area contributed by atoms with E-state index in [0.29, 0.717) is 24.4 Å². The summed E-state index contributed by atoms with van der Waals surface area (Å²) < 4.78 is 5.16. The summed E-state index contributed by atoms with van der Waals surface area (Å²) in [7, 11) is 1.57. The standard InChI is InChI=1S/C18H22N2O3S/c1-12-11-24-17(19-12)14-6-4-8-20(10-14)18(22)16(21)13-5-3-7-15(9-13)23-2/h3,5,7,9,11,14,16,21H,4,6,8,10H2,1-2H3. The molecule has 1 aromatic heterocycles. The molecule has 1 aliphatic rings. The topological polar surface area (TPSA) is 62.7 Å². The van der Waals surface area contributed by atoms with E-state index in [1.54, 1.807) is 47.6 Å². The Hall–Kier alpha value is -1.92. The molecule has 1 amide bonds. The molecule has 24 heavy (non-hydrogen) atoms. The highest BCUT2D eigenvalue weighted by Crippen LogP contribution is 2.31. The molecular weight excluding hydrogens is 324 g/mol. The van der Waals surface area contributed by atoms with Crippen LogP contribution in [0.4, 0.5) is 0 Å². The Balaban J connectivity index is 1.71. The summed E-state index contributed by atoms with van der Waals surface area (Å²) in [4.78, 5) is 19.0. The molecule has 0 saturated carbocycles. The molecule has 6 heteroatoms. The van der Waals surface area contributed by atoms with E-state index in [1.165, 1.54) is 0 Å². The van der Waals surface area contributed by atoms with Crippen LogP contribution in [0.3, 0.4) is 0 Å². The fourth-order valence-electron chi connectivity index (χ4n) is 3.07. The number of hydrogen-bond donors (Lipinski definition) is 1. The minimum atomic E-state index is -1.16. The lowest BCUT2D eigenvalue weighted by Crippen LogP contribution is -2.41. The Morgan fingerprint density at radius 1 is 1.50 bits per heavy atom. The van der Waals surface area contributed by atoms with Crippen molar-refractivity contribution in [1.29, 1.82) is 0 Å². The molecule has 0 bridgehead atoms. The summed E-state index contributed by atoms with van der Waals surface area (Å²) in [6.45, 7) is 3.28. The monoisotopic (exact) mass is 346 g/mol. The van der Waals surface area contributed by atoms with Gasteiger partial charge in [0.25, 0.3) is 5.91 Å². The van der Waals surface area contributed by atoms with Crippen molar-refractivity contribution in [3.05, 3.63) is 45.9 Å². The van der Waals surface area contributed by atoms with Gasteiger partial charge in [-0.3, -0.25) is 4.79 Å². The molecule has 1 aromatic carbocycles. The number of aryl methyl sites for hydroxylation is 1. The van der Waals surface area contributed by atoms with Crippen molar-refractivity contribution in [3.63, 3.8) is 0 Å². The zero-order chi connectivity index (χ0) is 17.1. The Morgan fingerprint density at radius 2 is 2.33 bits per heavy atom. The average molecular weight is 346 g/mol. The molecule has 5 nitrogen and oxygen atoms in total. The van der Waals surface area contributed by atoms with Crippen LogP contribution in [-0.2, 0) is 4.79 Å². The van der Waals surface area contributed by atoms with Gasteiger partial charge >= 0.3 is 0 Å². The number of aliphatic hydroxyl groups is 1. The zero-order valence-electron chi connectivity index (χ0n) is 13.9. The van der Waals surface area contributed by atoms with Gasteiger partial charge in [-0.15, -0.1) is 11.3 Å². The minimum absolute atomic E-state index is 0.249. The van der Waals surface area contributed by atoms with Crippen molar-refractivity contribution in [2.24, 2.45) is 0 Å². The maximum Gasteiger partial charge on any atom is 0.256 e. The van der Waals surface area contributed by atoms with Gasteiger partial charge in [0.2, 0.25) is 0 Å². The van der Waals surface area contributed by atoms with Crippen molar-refractivity contribution in [2.45, 2.75) is 31.8 Å². The number of amides is 1. The van der Waals surface area contributed by atoms with Crippen molar-refractivity contribution in [3.8, 4) is 5.75 Å². The second kappa shape index (κ2) is 7.32. The number of hydrogen-bond acceptors (Lipinski definition) is 5. The molecule has 0 spiro atoms. The summed E-state index contributed by atoms with van der Waals surface area (Å²) in [5.74, 6) is 0.647. The van der Waals surface area contributed by atoms with E-state index in [1.807, 2.05) is 12.3 Å². The van der Waals surface area contributed by atoms with Crippen LogP contribution in [0.2, 0.25) is 0 Å². The number of ether oxygens (including phenoxy) is 1. The molecule has 0 radical (unpaired) electrons. The number of benzene rings is 1. The first kappa shape index (κ1) is 16.9. The first-order valence-electron chi connectivity index (χ1n) is 8.11. The van der Waals surface area contributed by atoms with Crippen LogP contribution in [0, 0.1) is 6.92 Å². The van der Waals surface area contributed by atoms with Crippen LogP contribution >= 0.6 is 11.3 Å². The number of carbonyl (C=O) groups excluding carboxylic acids is 1. The van der Waals surface area contributed by atoms with Crippen molar-refractivity contribution >= 4 is 17.2 Å². The van der Waals surface area contributed by atoms with Crippen molar-refractivity contribution in [1.82, 2.24) is 9.88 Å². The quantitative estimate of drug-likeness (QED) is 0.925. The van der Waals surface area contributed by atoms with Crippen LogP contribution < -0.4 is 4.74 Å². The molecular formula is C18H22N2O3S. The van der Waals surface area contributed by atoms with Gasteiger partial charge in [0.05, 0.1) is 12.1 Å². The van der Waals surface area contributed by atoms with E-state index >= 15 is 0 Å². The molecule has 2 atom stereocenters. The normalized spacial score (nSPS) is 19.1. The number of aliphatic hydroxyl groups excluding tert-OH is 1. The molecule has 2 aromatic rings. The predicted octanol–water partition coefficient (Wildman–Crippen LogP) is 2.90. The van der Waals surface area contributed by atoms with Gasteiger partial charge < -0.3 is 14.7 Å². The third-order valence-electron chi connectivity index (χ3n) is 4.36. The van der Waals surface area contributed by atoms with E-state index in [0.717, 1.165) is 23.5 Å². The second-order valence-corrected chi connectivity index (χ2v) is 7.02. The summed E-state index contributed by atoms with van der Waals surface area (Å²) in [5.41, 5.74) is 1.58. The fourth-order valence-corrected chi connectivity index (χ4v) is 3.99. The summed E-state index contributed by atoms with van der Waals surface area (Å²) in [6, 6.07) is 7.02. The van der Waals surface area contributed by atoms with Gasteiger partial charge in [-0.25, -0.2) is 4.98 Å². The van der Waals surface area contributed by atoms with Crippen LogP contribution in [0.1, 0.15) is 41.1 Å². The Labute approximate surface area is 145 Å². The lowest BCUT2D eigenvalue weighted by Gasteiger charge is -2.33. The second-order valence-electron chi connectivity index (χ2n) is 6.13. The molecule has 1 saturated heterocycles. The Morgan fingerprint density at radius 3 is 3.04 bits per heavy atom. The largest absolute Gasteiger partial charge is 0.497 e. The molecule has 1 aliphatic heterocycles. The highest BCUT2D eigenvalue weighted by Gasteiger charge is 2.30. The highest BCUT2D eigenvalue weighted by atomic mass is 32.1. The number of rotatable bonds is 4. The molecule has 0 aliphatic carbocycles. The molecule has 128 valence electrons. The molecule has 2 heterocycles. The Bertz CT molecular complexity index is 716. The van der Waals surface area contributed by atoms with E-state index < -0.39 is 6.10 Å². The fraction of sp³-hybridized carbons (Fsp3) is 0.444. The zero-order valence-corrected chi connectivity index (χ0v) is 14.8. The SMILES string of the molecule is COc1cccc(C(O)C(=O)N2CCCC(c3nc(C)cs3)C2)c1. The molecule has 1 fully saturated rings. The van der Waals surface area contributed by atoms with E-state index in [4.69, 9.17) is 4.74 Å². The smallest absolute Gasteiger partial charge is 0.256 e. The molecule has 1 N–H and O–H groups in total. The first-order chi connectivity index (χ1) is 11.6. The number of aromatic nitrogens is 1. The van der Waals surface area contributed by atoms with E-state index in [-0.39, 0.29) is 11.8 Å². The lowest BCUT2D eigenvalue weighted by atomic mass is 9.97. The average Bonchev–Trinajstić information content (AvgIpc) is 3.07. The van der Waals surface area contributed by atoms with Crippen LogP contribution in [0.5, 0.6) is 5.75 Å². The van der Waals surface area contributed by atoms with Crippen LogP contribution in [-0.4, -0.2) is 41.1 Å². The summed E-state index contributed by atoms with van der Waals surface area (Å²) in [5, 5.41) is 13.6. The van der Waals surface area contributed by atoms with Crippen molar-refractivity contribution < 1.29 is 14.6 Å². The number of thiazole rings is 1. The molecule has 2 unspecified atom stereocenters. The van der Waals surface area contributed by atoms with Gasteiger partial charge in [0.15, 0.2) is 6.10 Å². The number of piperidine rings is 1. The first-order valence-corrected chi connectivity index (χ1v) is 8.99. The van der Waals surface area contributed by atoms with Crippen LogP contribution in [0.25, 0.3) is 0 Å². The summed E-state index contributed by atoms with van der Waals surface area (Å²) in [6.07, 6.45) is 0.808. The predicted molar refractivity (Wildman–Crippen MR) is 93.4 cm³/mol. The molecule has 3 rings (SSSR count). The Kier molecular flexibility index (Phi) is 5.16. The van der Waals surface area contributed by atoms with Gasteiger partial charge in [-0.2, -0.15) is 0 Å². The maximum atomic E-state index is 12.7.